The third kappa shape index (κ3) is 6.08. The molecule has 0 amide bonds. The van der Waals surface area contributed by atoms with Gasteiger partial charge in [0.15, 0.2) is 17.8 Å². The van der Waals surface area contributed by atoms with Crippen LogP contribution >= 0.6 is 0 Å². The average Bonchev–Trinajstić information content (AvgIpc) is 2.75. The second-order valence-corrected chi connectivity index (χ2v) is 6.54. The number of hydrogen-bond donors (Lipinski definition) is 2. The number of aromatic hydroxyl groups is 1. The van der Waals surface area contributed by atoms with Crippen molar-refractivity contribution >= 4 is 0 Å². The van der Waals surface area contributed by atoms with Gasteiger partial charge in [-0.3, -0.25) is 0 Å². The highest BCUT2D eigenvalue weighted by Gasteiger charge is 2.24. The van der Waals surface area contributed by atoms with Gasteiger partial charge in [0, 0.05) is 31.9 Å². The van der Waals surface area contributed by atoms with Crippen molar-refractivity contribution in [1.82, 2.24) is 5.32 Å². The monoisotopic (exact) mass is 405 g/mol. The Labute approximate surface area is 172 Å². The Bertz CT molecular complexity index is 749. The average molecular weight is 405 g/mol. The van der Waals surface area contributed by atoms with E-state index < -0.39 is 6.29 Å². The van der Waals surface area contributed by atoms with Crippen LogP contribution in [0.1, 0.15) is 22.7 Å². The lowest BCUT2D eigenvalue weighted by Crippen LogP contribution is -2.35. The van der Waals surface area contributed by atoms with Gasteiger partial charge in [-0.05, 0) is 18.6 Å². The van der Waals surface area contributed by atoms with Gasteiger partial charge in [-0.15, -0.1) is 0 Å². The van der Waals surface area contributed by atoms with Crippen LogP contribution in [-0.4, -0.2) is 53.0 Å². The first-order chi connectivity index (χ1) is 14.0. The molecule has 160 valence electrons. The number of phenolic OH excluding ortho intramolecular Hbond substituents is 1. The Morgan fingerprint density at radius 3 is 2.21 bits per heavy atom. The van der Waals surface area contributed by atoms with Gasteiger partial charge >= 0.3 is 0 Å². The number of ether oxygens (including phenoxy) is 5. The van der Waals surface area contributed by atoms with Gasteiger partial charge in [-0.1, -0.05) is 30.3 Å². The third-order valence-corrected chi connectivity index (χ3v) is 4.72. The van der Waals surface area contributed by atoms with Crippen molar-refractivity contribution < 1.29 is 28.8 Å². The smallest absolute Gasteiger partial charge is 0.169 e. The summed E-state index contributed by atoms with van der Waals surface area (Å²) in [5, 5.41) is 13.8. The molecule has 7 heteroatoms. The van der Waals surface area contributed by atoms with E-state index in [1.165, 1.54) is 0 Å². The van der Waals surface area contributed by atoms with E-state index in [9.17, 15) is 5.11 Å². The summed E-state index contributed by atoms with van der Waals surface area (Å²) in [5.41, 5.74) is 2.42. The summed E-state index contributed by atoms with van der Waals surface area (Å²) in [5.74, 6) is 1.17. The first kappa shape index (κ1) is 23.0. The van der Waals surface area contributed by atoms with E-state index >= 15 is 0 Å². The van der Waals surface area contributed by atoms with Crippen LogP contribution in [0, 0.1) is 6.92 Å². The number of phenols is 1. The summed E-state index contributed by atoms with van der Waals surface area (Å²) < 4.78 is 27.6. The normalized spacial score (nSPS) is 12.2. The molecule has 0 fully saturated rings. The molecule has 0 aliphatic heterocycles. The van der Waals surface area contributed by atoms with E-state index in [-0.39, 0.29) is 11.8 Å². The molecule has 0 heterocycles. The first-order valence-electron chi connectivity index (χ1n) is 9.40. The second-order valence-electron chi connectivity index (χ2n) is 6.54. The summed E-state index contributed by atoms with van der Waals surface area (Å²) in [6.07, 6.45) is -0.418. The highest BCUT2D eigenvalue weighted by molar-refractivity contribution is 5.58. The first-order valence-corrected chi connectivity index (χ1v) is 9.40. The molecule has 0 unspecified atom stereocenters. The van der Waals surface area contributed by atoms with Crippen LogP contribution in [0.4, 0.5) is 0 Å². The minimum atomic E-state index is -0.418. The molecule has 2 aromatic rings. The number of benzene rings is 2. The van der Waals surface area contributed by atoms with Crippen molar-refractivity contribution in [3.63, 3.8) is 0 Å². The van der Waals surface area contributed by atoms with Gasteiger partial charge in [0.1, 0.15) is 5.75 Å². The van der Waals surface area contributed by atoms with Gasteiger partial charge < -0.3 is 34.1 Å². The minimum absolute atomic E-state index is 0.127. The predicted octanol–water partition coefficient (Wildman–Crippen LogP) is 3.18. The fraction of sp³-hybridized carbons (Fsp3) is 0.455. The van der Waals surface area contributed by atoms with Crippen molar-refractivity contribution in [1.29, 1.82) is 0 Å². The molecule has 0 saturated carbocycles. The second kappa shape index (κ2) is 11.6. The quantitative estimate of drug-likeness (QED) is 0.525. The van der Waals surface area contributed by atoms with E-state index in [0.717, 1.165) is 11.1 Å². The molecule has 2 N–H and O–H groups in total. The van der Waals surface area contributed by atoms with Crippen LogP contribution in [0.3, 0.4) is 0 Å². The zero-order chi connectivity index (χ0) is 21.2. The van der Waals surface area contributed by atoms with E-state index in [0.29, 0.717) is 36.8 Å². The lowest BCUT2D eigenvalue weighted by Gasteiger charge is -2.25. The van der Waals surface area contributed by atoms with Crippen molar-refractivity contribution in [2.45, 2.75) is 25.9 Å². The van der Waals surface area contributed by atoms with E-state index in [2.05, 4.69) is 5.32 Å². The zero-order valence-corrected chi connectivity index (χ0v) is 17.7. The molecular weight excluding hydrogens is 374 g/mol. The molecule has 0 radical (unpaired) electrons. The number of nitrogens with one attached hydrogen (secondary N) is 1. The predicted molar refractivity (Wildman–Crippen MR) is 111 cm³/mol. The molecule has 2 rings (SSSR count). The fourth-order valence-corrected chi connectivity index (χ4v) is 3.08. The molecular formula is C22H31NO6. The van der Waals surface area contributed by atoms with Gasteiger partial charge in [-0.2, -0.15) is 0 Å². The Hall–Kier alpha value is -2.32. The molecule has 0 saturated heterocycles. The summed E-state index contributed by atoms with van der Waals surface area (Å²) in [6.45, 7) is 3.01. The van der Waals surface area contributed by atoms with Crippen LogP contribution < -0.4 is 14.8 Å². The molecule has 0 aliphatic carbocycles. The Balaban J connectivity index is 2.27. The summed E-state index contributed by atoms with van der Waals surface area (Å²) in [4.78, 5) is 0. The maximum absolute atomic E-state index is 10.4. The van der Waals surface area contributed by atoms with Crippen LogP contribution in [0.2, 0.25) is 0 Å². The van der Waals surface area contributed by atoms with Crippen LogP contribution in [0.5, 0.6) is 17.2 Å². The minimum Gasteiger partial charge on any atom is -0.508 e. The molecule has 0 bridgehead atoms. The molecule has 0 aliphatic rings. The SMILES string of the molecule is COc1c([C@H](COCc2ccccc2)NCC(OC)OC)cc(O)c(C)c1OC. The van der Waals surface area contributed by atoms with Gasteiger partial charge in [0.25, 0.3) is 0 Å². The van der Waals surface area contributed by atoms with Gasteiger partial charge in [-0.25, -0.2) is 0 Å². The van der Waals surface area contributed by atoms with Crippen molar-refractivity contribution in [2.24, 2.45) is 0 Å². The molecule has 2 aromatic carbocycles. The largest absolute Gasteiger partial charge is 0.508 e. The van der Waals surface area contributed by atoms with Gasteiger partial charge in [0.05, 0.1) is 33.5 Å². The third-order valence-electron chi connectivity index (χ3n) is 4.72. The number of methoxy groups -OCH3 is 4. The lowest BCUT2D eigenvalue weighted by molar-refractivity contribution is -0.101. The van der Waals surface area contributed by atoms with Crippen molar-refractivity contribution in [3.05, 3.63) is 53.1 Å². The van der Waals surface area contributed by atoms with E-state index in [4.69, 9.17) is 23.7 Å². The molecule has 7 nitrogen and oxygen atoms in total. The molecule has 29 heavy (non-hydrogen) atoms. The highest BCUT2D eigenvalue weighted by atomic mass is 16.7. The molecule has 0 aromatic heterocycles. The van der Waals surface area contributed by atoms with E-state index in [1.54, 1.807) is 41.4 Å². The Morgan fingerprint density at radius 1 is 0.966 bits per heavy atom. The van der Waals surface area contributed by atoms with Gasteiger partial charge in [0.2, 0.25) is 0 Å². The van der Waals surface area contributed by atoms with Crippen LogP contribution in [0.25, 0.3) is 0 Å². The highest BCUT2D eigenvalue weighted by Crippen LogP contribution is 2.42. The zero-order valence-electron chi connectivity index (χ0n) is 17.7. The summed E-state index contributed by atoms with van der Waals surface area (Å²) >= 11 is 0. The van der Waals surface area contributed by atoms with Crippen LogP contribution in [-0.2, 0) is 20.8 Å². The fourth-order valence-electron chi connectivity index (χ4n) is 3.08. The molecule has 1 atom stereocenters. The molecule has 0 spiro atoms. The Kier molecular flexibility index (Phi) is 9.21. The summed E-state index contributed by atoms with van der Waals surface area (Å²) in [6, 6.07) is 11.3. The maximum Gasteiger partial charge on any atom is 0.169 e. The topological polar surface area (TPSA) is 78.4 Å². The van der Waals surface area contributed by atoms with Crippen molar-refractivity contribution in [3.8, 4) is 17.2 Å². The Morgan fingerprint density at radius 2 is 1.62 bits per heavy atom. The van der Waals surface area contributed by atoms with Crippen LogP contribution in [0.15, 0.2) is 36.4 Å². The lowest BCUT2D eigenvalue weighted by atomic mass is 10.0. The summed E-state index contributed by atoms with van der Waals surface area (Å²) in [7, 11) is 6.29. The van der Waals surface area contributed by atoms with E-state index in [1.807, 2.05) is 30.3 Å². The van der Waals surface area contributed by atoms with Crippen molar-refractivity contribution in [2.75, 3.05) is 41.6 Å². The standard InChI is InChI=1S/C22H31NO6/c1-15-19(24)11-17(22(28-5)21(15)27-4)18(23-12-20(25-2)26-3)14-29-13-16-9-7-6-8-10-16/h6-11,18,20,23-24H,12-14H2,1-5H3/t18-/m0/s1. The maximum atomic E-state index is 10.4. The number of hydrogen-bond acceptors (Lipinski definition) is 7. The number of rotatable bonds is 12.